The maximum atomic E-state index is 11.8. The van der Waals surface area contributed by atoms with Crippen LogP contribution in [0, 0.1) is 5.92 Å². The summed E-state index contributed by atoms with van der Waals surface area (Å²) in [5.74, 6) is -0.304. The number of nitrogens with one attached hydrogen (secondary N) is 1. The van der Waals surface area contributed by atoms with Crippen molar-refractivity contribution < 1.29 is 8.42 Å². The number of halogens is 2. The summed E-state index contributed by atoms with van der Waals surface area (Å²) < 4.78 is 25.1. The standard InChI is InChI=1S/C10H12Cl2N2O2S/c11-10(12)5-7(10)6-17(15,16)14-9-4-2-1-3-8(9)13/h1-4,7,14H,5-6,13H2. The number of nitrogen functional groups attached to an aromatic ring is 1. The summed E-state index contributed by atoms with van der Waals surface area (Å²) in [5.41, 5.74) is 6.41. The third-order valence-corrected chi connectivity index (χ3v) is 4.90. The first-order chi connectivity index (χ1) is 7.80. The fourth-order valence-corrected chi connectivity index (χ4v) is 3.76. The zero-order valence-corrected chi connectivity index (χ0v) is 11.2. The Labute approximate surface area is 110 Å². The van der Waals surface area contributed by atoms with Gasteiger partial charge in [0.15, 0.2) is 0 Å². The lowest BCUT2D eigenvalue weighted by atomic mass is 10.3. The van der Waals surface area contributed by atoms with E-state index in [9.17, 15) is 8.42 Å². The smallest absolute Gasteiger partial charge is 0.233 e. The molecule has 1 aromatic carbocycles. The van der Waals surface area contributed by atoms with Gasteiger partial charge in [0.1, 0.15) is 4.33 Å². The lowest BCUT2D eigenvalue weighted by Gasteiger charge is -2.09. The molecule has 7 heteroatoms. The summed E-state index contributed by atoms with van der Waals surface area (Å²) in [6.07, 6.45) is 0.501. The summed E-state index contributed by atoms with van der Waals surface area (Å²) in [7, 11) is -3.46. The van der Waals surface area contributed by atoms with Crippen molar-refractivity contribution in [2.75, 3.05) is 16.2 Å². The van der Waals surface area contributed by atoms with Crippen LogP contribution in [-0.4, -0.2) is 18.5 Å². The van der Waals surface area contributed by atoms with Gasteiger partial charge in [-0.1, -0.05) is 12.1 Å². The van der Waals surface area contributed by atoms with Crippen LogP contribution in [0.2, 0.25) is 0 Å². The molecule has 17 heavy (non-hydrogen) atoms. The van der Waals surface area contributed by atoms with E-state index in [1.165, 1.54) is 0 Å². The SMILES string of the molecule is Nc1ccccc1NS(=O)(=O)CC1CC1(Cl)Cl. The first-order valence-corrected chi connectivity index (χ1v) is 7.44. The molecular weight excluding hydrogens is 283 g/mol. The van der Waals surface area contributed by atoms with Crippen molar-refractivity contribution in [3.63, 3.8) is 0 Å². The molecule has 1 unspecified atom stereocenters. The van der Waals surface area contributed by atoms with Crippen LogP contribution in [0.3, 0.4) is 0 Å². The van der Waals surface area contributed by atoms with Crippen molar-refractivity contribution in [3.05, 3.63) is 24.3 Å². The van der Waals surface area contributed by atoms with Gasteiger partial charge in [0.25, 0.3) is 0 Å². The second kappa shape index (κ2) is 4.23. The van der Waals surface area contributed by atoms with E-state index in [4.69, 9.17) is 28.9 Å². The highest BCUT2D eigenvalue weighted by Crippen LogP contribution is 2.53. The molecule has 94 valence electrons. The number of rotatable bonds is 4. The number of alkyl halides is 2. The van der Waals surface area contributed by atoms with Gasteiger partial charge in [0, 0.05) is 5.92 Å². The van der Waals surface area contributed by atoms with Gasteiger partial charge in [0.2, 0.25) is 10.0 Å². The van der Waals surface area contributed by atoms with Crippen LogP contribution in [-0.2, 0) is 10.0 Å². The summed E-state index contributed by atoms with van der Waals surface area (Å²) in [5, 5.41) is 0. The monoisotopic (exact) mass is 294 g/mol. The lowest BCUT2D eigenvalue weighted by molar-refractivity contribution is 0.597. The predicted molar refractivity (Wildman–Crippen MR) is 70.8 cm³/mol. The Morgan fingerprint density at radius 2 is 2.00 bits per heavy atom. The highest BCUT2D eigenvalue weighted by molar-refractivity contribution is 7.92. The Morgan fingerprint density at radius 3 is 2.53 bits per heavy atom. The van der Waals surface area contributed by atoms with Gasteiger partial charge in [-0.25, -0.2) is 8.42 Å². The molecule has 1 fully saturated rings. The minimum Gasteiger partial charge on any atom is -0.397 e. The van der Waals surface area contributed by atoms with Gasteiger partial charge in [0.05, 0.1) is 17.1 Å². The molecule has 0 saturated heterocycles. The van der Waals surface area contributed by atoms with E-state index in [2.05, 4.69) is 4.72 Å². The molecule has 1 atom stereocenters. The second-order valence-corrected chi connectivity index (χ2v) is 7.44. The van der Waals surface area contributed by atoms with E-state index < -0.39 is 14.4 Å². The van der Waals surface area contributed by atoms with Crippen LogP contribution in [0.5, 0.6) is 0 Å². The van der Waals surface area contributed by atoms with Gasteiger partial charge in [-0.2, -0.15) is 0 Å². The first-order valence-electron chi connectivity index (χ1n) is 5.03. The lowest BCUT2D eigenvalue weighted by Crippen LogP contribution is -2.20. The van der Waals surface area contributed by atoms with Crippen LogP contribution in [0.1, 0.15) is 6.42 Å². The third-order valence-electron chi connectivity index (χ3n) is 2.60. The molecule has 2 rings (SSSR count). The van der Waals surface area contributed by atoms with Crippen molar-refractivity contribution in [2.24, 2.45) is 5.92 Å². The normalized spacial score (nSPS) is 22.1. The van der Waals surface area contributed by atoms with Crippen molar-refractivity contribution in [1.29, 1.82) is 0 Å². The minimum atomic E-state index is -3.46. The van der Waals surface area contributed by atoms with Gasteiger partial charge < -0.3 is 5.73 Å². The average molecular weight is 295 g/mol. The quantitative estimate of drug-likeness (QED) is 0.660. The van der Waals surface area contributed by atoms with Gasteiger partial charge >= 0.3 is 0 Å². The van der Waals surface area contributed by atoms with E-state index in [0.717, 1.165) is 0 Å². The first kappa shape index (κ1) is 12.8. The third kappa shape index (κ3) is 3.18. The summed E-state index contributed by atoms with van der Waals surface area (Å²) >= 11 is 11.6. The number of benzene rings is 1. The van der Waals surface area contributed by atoms with Gasteiger partial charge in [-0.05, 0) is 18.6 Å². The molecular formula is C10H12Cl2N2O2S. The minimum absolute atomic E-state index is 0.0890. The largest absolute Gasteiger partial charge is 0.397 e. The van der Waals surface area contributed by atoms with E-state index >= 15 is 0 Å². The van der Waals surface area contributed by atoms with E-state index in [0.29, 0.717) is 17.8 Å². The van der Waals surface area contributed by atoms with Crippen LogP contribution in [0.4, 0.5) is 11.4 Å². The topological polar surface area (TPSA) is 72.2 Å². The fourth-order valence-electron chi connectivity index (χ4n) is 1.51. The molecule has 0 aliphatic heterocycles. The fraction of sp³-hybridized carbons (Fsp3) is 0.400. The highest BCUT2D eigenvalue weighted by atomic mass is 35.5. The molecule has 0 bridgehead atoms. The van der Waals surface area contributed by atoms with Crippen LogP contribution < -0.4 is 10.5 Å². The van der Waals surface area contributed by atoms with Gasteiger partial charge in [-0.3, -0.25) is 4.72 Å². The van der Waals surface area contributed by atoms with E-state index in [-0.39, 0.29) is 11.7 Å². The van der Waals surface area contributed by atoms with Crippen LogP contribution in [0.25, 0.3) is 0 Å². The molecule has 0 aromatic heterocycles. The molecule has 1 aliphatic carbocycles. The number of hydrogen-bond donors (Lipinski definition) is 2. The highest BCUT2D eigenvalue weighted by Gasteiger charge is 2.53. The Hall–Kier alpha value is -0.650. The number of hydrogen-bond acceptors (Lipinski definition) is 3. The predicted octanol–water partition coefficient (Wildman–Crippen LogP) is 2.20. The summed E-state index contributed by atoms with van der Waals surface area (Å²) in [4.78, 5) is 0. The summed E-state index contributed by atoms with van der Waals surface area (Å²) in [6, 6.07) is 6.67. The molecule has 0 heterocycles. The molecule has 4 nitrogen and oxygen atoms in total. The zero-order chi connectivity index (χ0) is 12.7. The maximum Gasteiger partial charge on any atom is 0.233 e. The number of para-hydroxylation sites is 2. The van der Waals surface area contributed by atoms with Crippen LogP contribution in [0.15, 0.2) is 24.3 Å². The van der Waals surface area contributed by atoms with Gasteiger partial charge in [-0.15, -0.1) is 23.2 Å². The Balaban J connectivity index is 2.06. The molecule has 0 radical (unpaired) electrons. The number of anilines is 2. The average Bonchev–Trinajstić information content (AvgIpc) is 2.76. The molecule has 0 amide bonds. The molecule has 1 aromatic rings. The van der Waals surface area contributed by atoms with Crippen LogP contribution >= 0.6 is 23.2 Å². The van der Waals surface area contributed by atoms with E-state index in [1.807, 2.05) is 0 Å². The number of nitrogens with two attached hydrogens (primary N) is 1. The van der Waals surface area contributed by atoms with Crippen molar-refractivity contribution in [2.45, 2.75) is 10.8 Å². The van der Waals surface area contributed by atoms with Crippen molar-refractivity contribution in [3.8, 4) is 0 Å². The van der Waals surface area contributed by atoms with Crippen molar-refractivity contribution in [1.82, 2.24) is 0 Å². The molecule has 0 spiro atoms. The molecule has 3 N–H and O–H groups in total. The Morgan fingerprint density at radius 1 is 1.41 bits per heavy atom. The van der Waals surface area contributed by atoms with E-state index in [1.54, 1.807) is 24.3 Å². The zero-order valence-electron chi connectivity index (χ0n) is 8.86. The summed E-state index contributed by atoms with van der Waals surface area (Å²) in [6.45, 7) is 0. The number of sulfonamides is 1. The molecule has 1 aliphatic rings. The van der Waals surface area contributed by atoms with Crippen molar-refractivity contribution >= 4 is 44.6 Å². The molecule has 1 saturated carbocycles. The Kier molecular flexibility index (Phi) is 3.18. The Bertz CT molecular complexity index is 531. The maximum absolute atomic E-state index is 11.8. The second-order valence-electron chi connectivity index (χ2n) is 4.13.